The maximum atomic E-state index is 11.5. The molecule has 4 nitrogen and oxygen atoms in total. The Morgan fingerprint density at radius 1 is 1.43 bits per heavy atom. The molecule has 2 unspecified atom stereocenters. The second-order valence-corrected chi connectivity index (χ2v) is 6.39. The maximum Gasteiger partial charge on any atom is 0.211 e. The van der Waals surface area contributed by atoms with Crippen molar-refractivity contribution in [3.8, 4) is 0 Å². The highest BCUT2D eigenvalue weighted by Gasteiger charge is 2.33. The first-order chi connectivity index (χ1) is 6.32. The molecular formula is C9H20N2O2S. The Morgan fingerprint density at radius 3 is 2.43 bits per heavy atom. The Labute approximate surface area is 86.7 Å². The first kappa shape index (κ1) is 11.9. The fraction of sp³-hybridized carbons (Fsp3) is 1.00. The smallest absolute Gasteiger partial charge is 0.211 e. The Kier molecular flexibility index (Phi) is 3.55. The van der Waals surface area contributed by atoms with E-state index in [1.54, 1.807) is 4.31 Å². The average Bonchev–Trinajstić information content (AvgIpc) is 2.01. The molecular weight excluding hydrogens is 200 g/mol. The van der Waals surface area contributed by atoms with E-state index in [1.165, 1.54) is 6.26 Å². The van der Waals surface area contributed by atoms with Crippen LogP contribution in [0.5, 0.6) is 0 Å². The highest BCUT2D eigenvalue weighted by molar-refractivity contribution is 7.88. The van der Waals surface area contributed by atoms with Crippen molar-refractivity contribution in [2.24, 2.45) is 5.92 Å². The molecule has 0 bridgehead atoms. The van der Waals surface area contributed by atoms with Crippen LogP contribution in [-0.4, -0.2) is 44.2 Å². The van der Waals surface area contributed by atoms with Gasteiger partial charge in [-0.05, 0) is 12.8 Å². The van der Waals surface area contributed by atoms with E-state index in [1.807, 2.05) is 6.92 Å². The summed E-state index contributed by atoms with van der Waals surface area (Å²) < 4.78 is 24.7. The predicted molar refractivity (Wildman–Crippen MR) is 57.6 cm³/mol. The molecule has 0 amide bonds. The molecule has 1 rings (SSSR count). The van der Waals surface area contributed by atoms with Crippen molar-refractivity contribution < 1.29 is 8.42 Å². The van der Waals surface area contributed by atoms with Crippen molar-refractivity contribution in [1.82, 2.24) is 9.62 Å². The van der Waals surface area contributed by atoms with Crippen LogP contribution in [0.15, 0.2) is 0 Å². The Balaban J connectivity index is 2.85. The van der Waals surface area contributed by atoms with Gasteiger partial charge in [0.2, 0.25) is 10.0 Å². The minimum Gasteiger partial charge on any atom is -0.311 e. The summed E-state index contributed by atoms with van der Waals surface area (Å²) in [6.45, 7) is 7.46. The minimum atomic E-state index is -3.06. The monoisotopic (exact) mass is 220 g/mol. The molecule has 5 heteroatoms. The molecule has 84 valence electrons. The molecule has 0 aromatic heterocycles. The molecule has 1 fully saturated rings. The van der Waals surface area contributed by atoms with Crippen molar-refractivity contribution in [3.05, 3.63) is 0 Å². The summed E-state index contributed by atoms with van der Waals surface area (Å²) in [5.74, 6) is 0.352. The molecule has 0 spiro atoms. The van der Waals surface area contributed by atoms with Gasteiger partial charge in [-0.1, -0.05) is 13.8 Å². The van der Waals surface area contributed by atoms with Gasteiger partial charge in [0.05, 0.1) is 6.26 Å². The van der Waals surface area contributed by atoms with E-state index in [0.717, 1.165) is 6.54 Å². The summed E-state index contributed by atoms with van der Waals surface area (Å²) in [6.07, 6.45) is 1.29. The fourth-order valence-corrected chi connectivity index (χ4v) is 3.15. The van der Waals surface area contributed by atoms with Crippen LogP contribution in [0.4, 0.5) is 0 Å². The summed E-state index contributed by atoms with van der Waals surface area (Å²) in [6, 6.07) is 0.348. The second-order valence-electron chi connectivity index (χ2n) is 4.45. The van der Waals surface area contributed by atoms with Gasteiger partial charge < -0.3 is 5.32 Å². The zero-order valence-electron chi connectivity index (χ0n) is 9.32. The highest BCUT2D eigenvalue weighted by atomic mass is 32.2. The Morgan fingerprint density at radius 2 is 2.00 bits per heavy atom. The van der Waals surface area contributed by atoms with Gasteiger partial charge >= 0.3 is 0 Å². The second kappa shape index (κ2) is 4.16. The van der Waals surface area contributed by atoms with Crippen molar-refractivity contribution in [2.75, 3.05) is 19.3 Å². The van der Waals surface area contributed by atoms with Crippen molar-refractivity contribution in [1.29, 1.82) is 0 Å². The highest BCUT2D eigenvalue weighted by Crippen LogP contribution is 2.17. The van der Waals surface area contributed by atoms with Crippen LogP contribution >= 0.6 is 0 Å². The normalized spacial score (nSPS) is 30.9. The van der Waals surface area contributed by atoms with Crippen molar-refractivity contribution >= 4 is 10.0 Å². The first-order valence-corrected chi connectivity index (χ1v) is 6.87. The van der Waals surface area contributed by atoms with Crippen molar-refractivity contribution in [3.63, 3.8) is 0 Å². The molecule has 1 heterocycles. The van der Waals surface area contributed by atoms with Crippen LogP contribution in [0.1, 0.15) is 20.8 Å². The van der Waals surface area contributed by atoms with Gasteiger partial charge in [-0.2, -0.15) is 4.31 Å². The van der Waals surface area contributed by atoms with Crippen LogP contribution in [0.2, 0.25) is 0 Å². The number of rotatable bonds is 2. The SMILES string of the molecule is CC1CN(S(C)(=O)=O)C(C(C)C)CN1. The predicted octanol–water partition coefficient (Wildman–Crippen LogP) is 0.264. The van der Waals surface area contributed by atoms with Gasteiger partial charge in [-0.3, -0.25) is 0 Å². The molecule has 1 aliphatic heterocycles. The first-order valence-electron chi connectivity index (χ1n) is 5.02. The number of nitrogens with one attached hydrogen (secondary N) is 1. The largest absolute Gasteiger partial charge is 0.311 e. The minimum absolute atomic E-state index is 0.0983. The number of hydrogen-bond donors (Lipinski definition) is 1. The van der Waals surface area contributed by atoms with E-state index in [9.17, 15) is 8.42 Å². The maximum absolute atomic E-state index is 11.5. The molecule has 0 aromatic rings. The quantitative estimate of drug-likeness (QED) is 0.726. The lowest BCUT2D eigenvalue weighted by molar-refractivity contribution is 0.190. The summed E-state index contributed by atoms with van der Waals surface area (Å²) in [4.78, 5) is 0. The topological polar surface area (TPSA) is 49.4 Å². The molecule has 1 N–H and O–H groups in total. The molecule has 14 heavy (non-hydrogen) atoms. The fourth-order valence-electron chi connectivity index (χ4n) is 1.84. The lowest BCUT2D eigenvalue weighted by Gasteiger charge is -2.39. The zero-order chi connectivity index (χ0) is 10.9. The zero-order valence-corrected chi connectivity index (χ0v) is 10.1. The third-order valence-electron chi connectivity index (χ3n) is 2.69. The molecule has 0 aliphatic carbocycles. The number of hydrogen-bond acceptors (Lipinski definition) is 3. The van der Waals surface area contributed by atoms with Crippen LogP contribution in [0.25, 0.3) is 0 Å². The third kappa shape index (κ3) is 2.68. The Bertz CT molecular complexity index is 287. The van der Waals surface area contributed by atoms with E-state index < -0.39 is 10.0 Å². The van der Waals surface area contributed by atoms with Crippen molar-refractivity contribution in [2.45, 2.75) is 32.9 Å². The molecule has 1 saturated heterocycles. The summed E-state index contributed by atoms with van der Waals surface area (Å²) >= 11 is 0. The molecule has 0 saturated carbocycles. The Hall–Kier alpha value is -0.130. The van der Waals surface area contributed by atoms with Crippen LogP contribution in [0.3, 0.4) is 0 Å². The van der Waals surface area contributed by atoms with Crippen LogP contribution in [-0.2, 0) is 10.0 Å². The molecule has 1 aliphatic rings. The average molecular weight is 220 g/mol. The molecule has 2 atom stereocenters. The number of nitrogens with zero attached hydrogens (tertiary/aromatic N) is 1. The van der Waals surface area contributed by atoms with Crippen LogP contribution in [0, 0.1) is 5.92 Å². The van der Waals surface area contributed by atoms with Gasteiger partial charge in [0, 0.05) is 25.2 Å². The van der Waals surface area contributed by atoms with E-state index in [4.69, 9.17) is 0 Å². The standard InChI is InChI=1S/C9H20N2O2S/c1-7(2)9-5-10-8(3)6-11(9)14(4,12)13/h7-10H,5-6H2,1-4H3. The van der Waals surface area contributed by atoms with Gasteiger partial charge in [0.25, 0.3) is 0 Å². The lowest BCUT2D eigenvalue weighted by Crippen LogP contribution is -2.58. The van der Waals surface area contributed by atoms with Gasteiger partial charge in [0.1, 0.15) is 0 Å². The number of sulfonamides is 1. The third-order valence-corrected chi connectivity index (χ3v) is 3.97. The van der Waals surface area contributed by atoms with E-state index in [0.29, 0.717) is 12.5 Å². The van der Waals surface area contributed by atoms with Gasteiger partial charge in [-0.25, -0.2) is 8.42 Å². The van der Waals surface area contributed by atoms with Crippen LogP contribution < -0.4 is 5.32 Å². The molecule has 0 radical (unpaired) electrons. The van der Waals surface area contributed by atoms with Gasteiger partial charge in [0.15, 0.2) is 0 Å². The number of piperazine rings is 1. The van der Waals surface area contributed by atoms with Gasteiger partial charge in [-0.15, -0.1) is 0 Å². The van der Waals surface area contributed by atoms with E-state index in [2.05, 4.69) is 19.2 Å². The van der Waals surface area contributed by atoms with E-state index in [-0.39, 0.29) is 12.1 Å². The summed E-state index contributed by atoms with van der Waals surface area (Å²) in [7, 11) is -3.06. The summed E-state index contributed by atoms with van der Waals surface area (Å²) in [5, 5.41) is 3.31. The van der Waals surface area contributed by atoms with E-state index >= 15 is 0 Å². The lowest BCUT2D eigenvalue weighted by atomic mass is 10.0. The summed E-state index contributed by atoms with van der Waals surface area (Å²) in [5.41, 5.74) is 0. The molecule has 0 aromatic carbocycles.